The summed E-state index contributed by atoms with van der Waals surface area (Å²) in [5, 5.41) is 3.94. The predicted octanol–water partition coefficient (Wildman–Crippen LogP) is 4.87. The fourth-order valence-corrected chi connectivity index (χ4v) is 2.30. The van der Waals surface area contributed by atoms with Crippen molar-refractivity contribution in [3.63, 3.8) is 0 Å². The maximum Gasteiger partial charge on any atom is 0.0648 e. The van der Waals surface area contributed by atoms with Crippen molar-refractivity contribution in [1.29, 1.82) is 0 Å². The summed E-state index contributed by atoms with van der Waals surface area (Å²) in [4.78, 5) is 4.28. The normalized spacial score (nSPS) is 10.3. The standard InChI is InChI=1S/C12H9Br2ClN2/c13-8-2-4-12(11(15)5-8)17-7-10-3-1-9(14)6-16-10/h1-6,17H,7H2. The molecule has 0 bridgehead atoms. The monoisotopic (exact) mass is 374 g/mol. The summed E-state index contributed by atoms with van der Waals surface area (Å²) < 4.78 is 1.94. The molecule has 2 rings (SSSR count). The van der Waals surface area contributed by atoms with Gasteiger partial charge in [0.2, 0.25) is 0 Å². The molecule has 88 valence electrons. The van der Waals surface area contributed by atoms with Gasteiger partial charge in [0.1, 0.15) is 0 Å². The van der Waals surface area contributed by atoms with Crippen LogP contribution in [0.25, 0.3) is 0 Å². The van der Waals surface area contributed by atoms with Crippen LogP contribution in [0.4, 0.5) is 5.69 Å². The van der Waals surface area contributed by atoms with E-state index in [2.05, 4.69) is 42.2 Å². The molecular formula is C12H9Br2ClN2. The smallest absolute Gasteiger partial charge is 0.0648 e. The lowest BCUT2D eigenvalue weighted by Gasteiger charge is -2.08. The van der Waals surface area contributed by atoms with E-state index in [9.17, 15) is 0 Å². The lowest BCUT2D eigenvalue weighted by molar-refractivity contribution is 1.04. The highest BCUT2D eigenvalue weighted by Gasteiger charge is 2.01. The van der Waals surface area contributed by atoms with Crippen molar-refractivity contribution < 1.29 is 0 Å². The van der Waals surface area contributed by atoms with E-state index in [1.54, 1.807) is 6.20 Å². The number of benzene rings is 1. The fourth-order valence-electron chi connectivity index (χ4n) is 1.33. The Morgan fingerprint density at radius 1 is 1.12 bits per heavy atom. The Morgan fingerprint density at radius 2 is 1.88 bits per heavy atom. The molecule has 1 N–H and O–H groups in total. The van der Waals surface area contributed by atoms with Crippen LogP contribution in [0.3, 0.4) is 0 Å². The van der Waals surface area contributed by atoms with Crippen LogP contribution in [-0.4, -0.2) is 4.98 Å². The minimum Gasteiger partial charge on any atom is -0.378 e. The third kappa shape index (κ3) is 3.69. The second-order valence-electron chi connectivity index (χ2n) is 3.45. The van der Waals surface area contributed by atoms with E-state index in [0.29, 0.717) is 11.6 Å². The lowest BCUT2D eigenvalue weighted by atomic mass is 10.3. The van der Waals surface area contributed by atoms with E-state index in [0.717, 1.165) is 20.3 Å². The van der Waals surface area contributed by atoms with Gasteiger partial charge in [0.05, 0.1) is 22.9 Å². The number of pyridine rings is 1. The van der Waals surface area contributed by atoms with Crippen molar-refractivity contribution >= 4 is 49.1 Å². The lowest BCUT2D eigenvalue weighted by Crippen LogP contribution is -2.01. The van der Waals surface area contributed by atoms with Crippen LogP contribution in [0.1, 0.15) is 5.69 Å². The summed E-state index contributed by atoms with van der Waals surface area (Å²) in [6, 6.07) is 9.67. The summed E-state index contributed by atoms with van der Waals surface area (Å²) >= 11 is 12.8. The fraction of sp³-hybridized carbons (Fsp3) is 0.0833. The molecule has 0 fully saturated rings. The van der Waals surface area contributed by atoms with Gasteiger partial charge in [-0.1, -0.05) is 27.5 Å². The third-order valence-corrected chi connectivity index (χ3v) is 3.45. The molecule has 0 aliphatic heterocycles. The van der Waals surface area contributed by atoms with Crippen LogP contribution in [0.5, 0.6) is 0 Å². The maximum atomic E-state index is 6.10. The third-order valence-electron chi connectivity index (χ3n) is 2.18. The minimum absolute atomic E-state index is 0.647. The molecule has 0 saturated carbocycles. The highest BCUT2D eigenvalue weighted by Crippen LogP contribution is 2.25. The molecule has 0 saturated heterocycles. The summed E-state index contributed by atoms with van der Waals surface area (Å²) in [6.07, 6.45) is 1.78. The highest BCUT2D eigenvalue weighted by molar-refractivity contribution is 9.10. The molecule has 0 amide bonds. The molecule has 1 heterocycles. The molecule has 0 aliphatic rings. The van der Waals surface area contributed by atoms with Gasteiger partial charge in [0, 0.05) is 15.1 Å². The first-order valence-electron chi connectivity index (χ1n) is 4.94. The van der Waals surface area contributed by atoms with Gasteiger partial charge in [0.15, 0.2) is 0 Å². The van der Waals surface area contributed by atoms with E-state index < -0.39 is 0 Å². The van der Waals surface area contributed by atoms with E-state index in [1.807, 2.05) is 30.3 Å². The molecule has 0 aliphatic carbocycles. The van der Waals surface area contributed by atoms with Crippen molar-refractivity contribution in [2.75, 3.05) is 5.32 Å². The van der Waals surface area contributed by atoms with Crippen LogP contribution < -0.4 is 5.32 Å². The van der Waals surface area contributed by atoms with Crippen molar-refractivity contribution in [2.24, 2.45) is 0 Å². The second kappa shape index (κ2) is 5.85. The van der Waals surface area contributed by atoms with Crippen molar-refractivity contribution in [3.8, 4) is 0 Å². The molecule has 0 atom stereocenters. The first-order chi connectivity index (χ1) is 8.15. The topological polar surface area (TPSA) is 24.9 Å². The summed E-state index contributed by atoms with van der Waals surface area (Å²) in [6.45, 7) is 0.647. The number of hydrogen-bond acceptors (Lipinski definition) is 2. The number of nitrogens with zero attached hydrogens (tertiary/aromatic N) is 1. The van der Waals surface area contributed by atoms with E-state index in [1.165, 1.54) is 0 Å². The van der Waals surface area contributed by atoms with E-state index >= 15 is 0 Å². The SMILES string of the molecule is Clc1cc(Br)ccc1NCc1ccc(Br)cn1. The Balaban J connectivity index is 2.04. The van der Waals surface area contributed by atoms with Crippen LogP contribution in [0.15, 0.2) is 45.5 Å². The highest BCUT2D eigenvalue weighted by atomic mass is 79.9. The zero-order valence-electron chi connectivity index (χ0n) is 8.75. The molecule has 5 heteroatoms. The van der Waals surface area contributed by atoms with Crippen LogP contribution in [0.2, 0.25) is 5.02 Å². The van der Waals surface area contributed by atoms with Crippen molar-refractivity contribution in [1.82, 2.24) is 4.98 Å². The molecule has 2 nitrogen and oxygen atoms in total. The van der Waals surface area contributed by atoms with Crippen LogP contribution >= 0.6 is 43.5 Å². The molecule has 17 heavy (non-hydrogen) atoms. The zero-order chi connectivity index (χ0) is 12.3. The first-order valence-corrected chi connectivity index (χ1v) is 6.91. The van der Waals surface area contributed by atoms with Crippen LogP contribution in [0, 0.1) is 0 Å². The second-order valence-corrected chi connectivity index (χ2v) is 5.68. The Morgan fingerprint density at radius 3 is 2.53 bits per heavy atom. The summed E-state index contributed by atoms with van der Waals surface area (Å²) in [7, 11) is 0. The van der Waals surface area contributed by atoms with Crippen LogP contribution in [-0.2, 0) is 6.54 Å². The predicted molar refractivity (Wildman–Crippen MR) is 78.4 cm³/mol. The van der Waals surface area contributed by atoms with Gasteiger partial charge < -0.3 is 5.32 Å². The molecule has 0 spiro atoms. The molecule has 0 radical (unpaired) electrons. The number of anilines is 1. The van der Waals surface area contributed by atoms with Gasteiger partial charge in [-0.25, -0.2) is 0 Å². The molecule has 1 aromatic carbocycles. The van der Waals surface area contributed by atoms with E-state index in [4.69, 9.17) is 11.6 Å². The van der Waals surface area contributed by atoms with Crippen molar-refractivity contribution in [3.05, 3.63) is 56.2 Å². The number of halogens is 3. The Kier molecular flexibility index (Phi) is 4.42. The average Bonchev–Trinajstić information content (AvgIpc) is 2.30. The quantitative estimate of drug-likeness (QED) is 0.826. The number of rotatable bonds is 3. The largest absolute Gasteiger partial charge is 0.378 e. The van der Waals surface area contributed by atoms with E-state index in [-0.39, 0.29) is 0 Å². The van der Waals surface area contributed by atoms with Gasteiger partial charge in [-0.15, -0.1) is 0 Å². The first kappa shape index (κ1) is 12.9. The van der Waals surface area contributed by atoms with Gasteiger partial charge in [-0.05, 0) is 46.3 Å². The molecular weight excluding hydrogens is 367 g/mol. The van der Waals surface area contributed by atoms with Gasteiger partial charge in [0.25, 0.3) is 0 Å². The van der Waals surface area contributed by atoms with Crippen molar-refractivity contribution in [2.45, 2.75) is 6.54 Å². The Labute approximate surface area is 122 Å². The number of aromatic nitrogens is 1. The van der Waals surface area contributed by atoms with Gasteiger partial charge >= 0.3 is 0 Å². The Hall–Kier alpha value is -0.580. The number of nitrogens with one attached hydrogen (secondary N) is 1. The zero-order valence-corrected chi connectivity index (χ0v) is 12.7. The average molecular weight is 376 g/mol. The molecule has 0 unspecified atom stereocenters. The summed E-state index contributed by atoms with van der Waals surface area (Å²) in [5.41, 5.74) is 1.87. The molecule has 2 aromatic rings. The minimum atomic E-state index is 0.647. The summed E-state index contributed by atoms with van der Waals surface area (Å²) in [5.74, 6) is 0. The Bertz CT molecular complexity index is 514. The maximum absolute atomic E-state index is 6.10. The van der Waals surface area contributed by atoms with Gasteiger partial charge in [-0.3, -0.25) is 4.98 Å². The van der Waals surface area contributed by atoms with Gasteiger partial charge in [-0.2, -0.15) is 0 Å². The number of hydrogen-bond donors (Lipinski definition) is 1. The molecule has 1 aromatic heterocycles.